The van der Waals surface area contributed by atoms with E-state index in [4.69, 9.17) is 47.4 Å². The first-order valence-corrected chi connectivity index (χ1v) is 57.0. The predicted octanol–water partition coefficient (Wildman–Crippen LogP) is 32.1. The van der Waals surface area contributed by atoms with Gasteiger partial charge in [0.2, 0.25) is 0 Å². The Hall–Kier alpha value is -5.30. The average molecular weight is 1900 g/mol. The minimum absolute atomic E-state index is 0.0159. The van der Waals surface area contributed by atoms with Gasteiger partial charge in [0.05, 0.1) is 10.8 Å². The molecule has 0 radical (unpaired) electrons. The number of hydrogen-bond acceptors (Lipinski definition) is 20. The van der Waals surface area contributed by atoms with Gasteiger partial charge in [-0.2, -0.15) is 0 Å². The zero-order valence-electron chi connectivity index (χ0n) is 88.7. The molecule has 0 bridgehead atoms. The van der Waals surface area contributed by atoms with Crippen LogP contribution in [-0.2, 0) is 95.3 Å². The molecule has 0 amide bonds. The van der Waals surface area contributed by atoms with Crippen LogP contribution in [0.5, 0.6) is 0 Å². The fourth-order valence-corrected chi connectivity index (χ4v) is 17.3. The molecule has 786 valence electrons. The van der Waals surface area contributed by atoms with Gasteiger partial charge in [-0.05, 0) is 180 Å². The quantitative estimate of drug-likeness (QED) is 0.0311. The first kappa shape index (κ1) is 129. The van der Waals surface area contributed by atoms with E-state index in [2.05, 4.69) is 55.4 Å². The normalized spacial score (nSPS) is 13.2. The summed E-state index contributed by atoms with van der Waals surface area (Å²) in [6, 6.07) is 0. The maximum atomic E-state index is 13.7. The van der Waals surface area contributed by atoms with E-state index in [1.807, 2.05) is 13.8 Å². The van der Waals surface area contributed by atoms with Crippen LogP contribution in [0.15, 0.2) is 0 Å². The lowest BCUT2D eigenvalue weighted by atomic mass is 9.88. The van der Waals surface area contributed by atoms with Gasteiger partial charge >= 0.3 is 59.7 Å². The van der Waals surface area contributed by atoms with Crippen molar-refractivity contribution >= 4 is 59.7 Å². The molecule has 0 aliphatic carbocycles. The molecule has 0 aromatic heterocycles. The Bertz CT molecular complexity index is 2440. The van der Waals surface area contributed by atoms with E-state index >= 15 is 0 Å². The van der Waals surface area contributed by atoms with Gasteiger partial charge in [-0.15, -0.1) is 0 Å². The van der Waals surface area contributed by atoms with E-state index in [1.54, 1.807) is 0 Å². The molecule has 4 unspecified atom stereocenters. The summed E-state index contributed by atoms with van der Waals surface area (Å²) in [6.45, 7) is 20.4. The molecular formula is C114H210O20. The molecule has 0 heterocycles. The Morgan fingerprint density at radius 3 is 0.410 bits per heavy atom. The van der Waals surface area contributed by atoms with E-state index in [0.29, 0.717) is 77.0 Å². The molecule has 0 aromatic rings. The fraction of sp³-hybridized carbons (Fsp3) is 0.912. The maximum absolute atomic E-state index is 13.7. The highest BCUT2D eigenvalue weighted by molar-refractivity contribution is 5.73. The molecule has 4 atom stereocenters. The Morgan fingerprint density at radius 1 is 0.149 bits per heavy atom. The van der Waals surface area contributed by atoms with Crippen molar-refractivity contribution in [1.29, 1.82) is 0 Å². The molecule has 0 spiro atoms. The van der Waals surface area contributed by atoms with Crippen LogP contribution < -0.4 is 0 Å². The van der Waals surface area contributed by atoms with E-state index in [-0.39, 0.29) is 150 Å². The lowest BCUT2D eigenvalue weighted by molar-refractivity contribution is -0.165. The zero-order valence-corrected chi connectivity index (χ0v) is 88.7. The second-order valence-corrected chi connectivity index (χ2v) is 40.0. The highest BCUT2D eigenvalue weighted by atomic mass is 16.6. The summed E-state index contributed by atoms with van der Waals surface area (Å²) in [5.74, 6) is -2.92. The van der Waals surface area contributed by atoms with Gasteiger partial charge in [-0.1, -0.05) is 352 Å². The van der Waals surface area contributed by atoms with E-state index < -0.39 is 22.8 Å². The van der Waals surface area contributed by atoms with Crippen LogP contribution in [0.1, 0.15) is 596 Å². The Labute approximate surface area is 821 Å². The van der Waals surface area contributed by atoms with E-state index in [0.717, 1.165) is 283 Å². The molecule has 20 nitrogen and oxygen atoms in total. The van der Waals surface area contributed by atoms with E-state index in [1.165, 1.54) is 128 Å². The second kappa shape index (κ2) is 95.3. The highest BCUT2D eigenvalue weighted by Crippen LogP contribution is 2.31. The van der Waals surface area contributed by atoms with Crippen molar-refractivity contribution in [1.82, 2.24) is 0 Å². The first-order valence-electron chi connectivity index (χ1n) is 57.0. The molecule has 0 aromatic carbocycles. The molecule has 0 saturated carbocycles. The molecule has 0 saturated heterocycles. The van der Waals surface area contributed by atoms with Crippen molar-refractivity contribution in [2.75, 3.05) is 39.6 Å². The van der Waals surface area contributed by atoms with Crippen molar-refractivity contribution in [3.8, 4) is 0 Å². The molecule has 0 aliphatic heterocycles. The predicted molar refractivity (Wildman–Crippen MR) is 545 cm³/mol. The fourth-order valence-electron chi connectivity index (χ4n) is 17.3. The lowest BCUT2D eigenvalue weighted by Gasteiger charge is -2.31. The lowest BCUT2D eigenvalue weighted by Crippen LogP contribution is -2.39. The zero-order chi connectivity index (χ0) is 98.4. The third-order valence-corrected chi connectivity index (χ3v) is 27.0. The molecular weight excluding hydrogens is 1690 g/mol. The van der Waals surface area contributed by atoms with Crippen LogP contribution in [0.25, 0.3) is 0 Å². The van der Waals surface area contributed by atoms with Gasteiger partial charge in [0, 0.05) is 64.2 Å². The largest absolute Gasteiger partial charge is 0.465 e. The number of hydrogen-bond donors (Lipinski definition) is 0. The van der Waals surface area contributed by atoms with Gasteiger partial charge in [0.25, 0.3) is 0 Å². The summed E-state index contributed by atoms with van der Waals surface area (Å²) in [5, 5.41) is 0. The van der Waals surface area contributed by atoms with Crippen molar-refractivity contribution in [2.45, 2.75) is 620 Å². The van der Waals surface area contributed by atoms with Gasteiger partial charge in [-0.25, -0.2) is 0 Å². The van der Waals surface area contributed by atoms with Gasteiger partial charge in [0.15, 0.2) is 0 Å². The molecule has 0 rings (SSSR count). The van der Waals surface area contributed by atoms with Crippen molar-refractivity contribution in [3.05, 3.63) is 0 Å². The second-order valence-electron chi connectivity index (χ2n) is 40.0. The summed E-state index contributed by atoms with van der Waals surface area (Å²) in [7, 11) is 0. The van der Waals surface area contributed by atoms with Gasteiger partial charge in [0.1, 0.15) is 64.1 Å². The van der Waals surface area contributed by atoms with Crippen LogP contribution in [-0.4, -0.2) is 124 Å². The summed E-state index contributed by atoms with van der Waals surface area (Å²) in [4.78, 5) is 133. The number of ether oxygens (including phenoxy) is 10. The number of unbranched alkanes of at least 4 members (excludes halogenated alkanes) is 49. The SMILES string of the molecule is CCCCCCCCCC(CCCCCCCC(=O)OCC(CC)(COC(=O)CCCCCCCC(CCCCCCCCC)OC(=O)CCCCC)COC(=O)CCCCC(=O)OCC(CC)(COC(=O)CCCCCCCC(CCCCCCCCC)OC(=O)CCCCC)COC(=O)CCCCCCCC(CCCCCCCCC)OC(=O)CCCCC)OC(=O)CCCCC. The third kappa shape index (κ3) is 82.6. The number of carbonyl (C=O) groups excluding carboxylic acids is 10. The summed E-state index contributed by atoms with van der Waals surface area (Å²) in [5.41, 5.74) is -2.05. The van der Waals surface area contributed by atoms with Gasteiger partial charge in [-0.3, -0.25) is 47.9 Å². The highest BCUT2D eigenvalue weighted by Gasteiger charge is 2.36. The summed E-state index contributed by atoms with van der Waals surface area (Å²) < 4.78 is 59.9. The molecule has 0 aliphatic rings. The Balaban J connectivity index is 6.24. The van der Waals surface area contributed by atoms with Crippen LogP contribution >= 0.6 is 0 Å². The number of rotatable bonds is 103. The number of esters is 10. The summed E-state index contributed by atoms with van der Waals surface area (Å²) in [6.07, 6.45) is 73.5. The monoisotopic (exact) mass is 1900 g/mol. The topological polar surface area (TPSA) is 263 Å². The average Bonchev–Trinajstić information content (AvgIpc) is 0.865. The third-order valence-electron chi connectivity index (χ3n) is 27.0. The molecule has 0 fully saturated rings. The van der Waals surface area contributed by atoms with Crippen LogP contribution in [0.3, 0.4) is 0 Å². The van der Waals surface area contributed by atoms with Crippen molar-refractivity contribution < 1.29 is 95.3 Å². The maximum Gasteiger partial charge on any atom is 0.306 e. The molecule has 0 N–H and O–H groups in total. The smallest absolute Gasteiger partial charge is 0.306 e. The Morgan fingerprint density at radius 2 is 0.261 bits per heavy atom. The molecule has 20 heteroatoms. The minimum atomic E-state index is -1.02. The number of carbonyl (C=O) groups is 10. The summed E-state index contributed by atoms with van der Waals surface area (Å²) >= 11 is 0. The van der Waals surface area contributed by atoms with Gasteiger partial charge < -0.3 is 47.4 Å². The van der Waals surface area contributed by atoms with Crippen molar-refractivity contribution in [2.24, 2.45) is 10.8 Å². The van der Waals surface area contributed by atoms with Crippen LogP contribution in [0.2, 0.25) is 0 Å². The van der Waals surface area contributed by atoms with Crippen LogP contribution in [0, 0.1) is 10.8 Å². The molecule has 134 heavy (non-hydrogen) atoms. The first-order chi connectivity index (χ1) is 65.2. The van der Waals surface area contributed by atoms with E-state index in [9.17, 15) is 47.9 Å². The Kier molecular flexibility index (Phi) is 91.5. The minimum Gasteiger partial charge on any atom is -0.465 e. The van der Waals surface area contributed by atoms with Crippen molar-refractivity contribution in [3.63, 3.8) is 0 Å². The standard InChI is InChI=1S/C114H210O20/c1-11-21-29-33-37-45-61-75-99(131-109(121)89-57-25-15-5)79-65-49-41-53-69-83-103(115)125-93-113(19-9,94-126-104(116)84-70-54-42-50-66-80-100(132-110(122)90-58-26-16-6)76-62-46-38-34-30-22-12-2)97-129-107(119)87-73-74-88-108(120)130-98-114(20-10,95-127-105(117)85-71-55-43-51-67-81-101(133-111(123)91-59-27-17-7)77-63-47-39-35-31-23-13-3)96-128-106(118)86-72-56-44-52-68-82-102(134-112(124)92-60-28-18-8)78-64-48-40-36-32-24-14-4/h99-102H,11-98H2,1-10H3. The van der Waals surface area contributed by atoms with Crippen LogP contribution in [0.4, 0.5) is 0 Å².